The van der Waals surface area contributed by atoms with E-state index in [-0.39, 0.29) is 17.9 Å². The van der Waals surface area contributed by atoms with Crippen molar-refractivity contribution in [2.75, 3.05) is 38.2 Å². The zero-order chi connectivity index (χ0) is 18.1. The molecule has 25 heavy (non-hydrogen) atoms. The van der Waals surface area contributed by atoms with Crippen LogP contribution < -0.4 is 10.6 Å². The predicted molar refractivity (Wildman–Crippen MR) is 98.6 cm³/mol. The van der Waals surface area contributed by atoms with Crippen LogP contribution in [0.5, 0.6) is 0 Å². The van der Waals surface area contributed by atoms with Gasteiger partial charge in [-0.2, -0.15) is 0 Å². The molecule has 6 heteroatoms. The van der Waals surface area contributed by atoms with Crippen molar-refractivity contribution in [3.63, 3.8) is 0 Å². The highest BCUT2D eigenvalue weighted by molar-refractivity contribution is 5.96. The number of carbonyl (C=O) groups excluding carboxylic acids is 2. The Bertz CT molecular complexity index is 597. The lowest BCUT2D eigenvalue weighted by molar-refractivity contribution is -0.117. The average molecular weight is 343 g/mol. The molecule has 134 valence electrons. The minimum Gasteiger partial charge on any atom is -0.378 e. The van der Waals surface area contributed by atoms with Crippen molar-refractivity contribution in [1.29, 1.82) is 0 Å². The minimum absolute atomic E-state index is 0.0426. The van der Waals surface area contributed by atoms with Crippen molar-refractivity contribution in [1.82, 2.24) is 10.2 Å². The molecule has 1 aliphatic heterocycles. The second-order valence-electron chi connectivity index (χ2n) is 5.84. The van der Waals surface area contributed by atoms with Crippen molar-refractivity contribution in [3.05, 3.63) is 55.1 Å². The van der Waals surface area contributed by atoms with Gasteiger partial charge in [0, 0.05) is 43.3 Å². The van der Waals surface area contributed by atoms with Crippen molar-refractivity contribution in [3.8, 4) is 0 Å². The van der Waals surface area contributed by atoms with E-state index in [0.29, 0.717) is 44.0 Å². The zero-order valence-electron chi connectivity index (χ0n) is 14.4. The number of nitrogens with one attached hydrogen (secondary N) is 2. The second kappa shape index (κ2) is 9.76. The molecule has 1 unspecified atom stereocenters. The first-order chi connectivity index (χ1) is 12.1. The number of anilines is 1. The van der Waals surface area contributed by atoms with Crippen LogP contribution >= 0.6 is 0 Å². The van der Waals surface area contributed by atoms with Gasteiger partial charge in [0.25, 0.3) is 5.91 Å². The van der Waals surface area contributed by atoms with E-state index in [9.17, 15) is 9.59 Å². The summed E-state index contributed by atoms with van der Waals surface area (Å²) in [6, 6.07) is 6.92. The van der Waals surface area contributed by atoms with Gasteiger partial charge >= 0.3 is 0 Å². The van der Waals surface area contributed by atoms with E-state index in [1.807, 2.05) is 0 Å². The number of benzene rings is 1. The summed E-state index contributed by atoms with van der Waals surface area (Å²) in [4.78, 5) is 26.2. The molecule has 1 aromatic rings. The first-order valence-corrected chi connectivity index (χ1v) is 8.36. The van der Waals surface area contributed by atoms with Gasteiger partial charge in [-0.05, 0) is 24.3 Å². The minimum atomic E-state index is -0.0961. The monoisotopic (exact) mass is 343 g/mol. The van der Waals surface area contributed by atoms with Gasteiger partial charge in [-0.3, -0.25) is 9.59 Å². The maximum absolute atomic E-state index is 12.4. The predicted octanol–water partition coefficient (Wildman–Crippen LogP) is 1.82. The van der Waals surface area contributed by atoms with Crippen LogP contribution in [0.15, 0.2) is 49.6 Å². The van der Waals surface area contributed by atoms with Crippen molar-refractivity contribution < 1.29 is 14.3 Å². The van der Waals surface area contributed by atoms with E-state index in [4.69, 9.17) is 4.74 Å². The Hall–Kier alpha value is -2.44. The third-order valence-electron chi connectivity index (χ3n) is 3.83. The van der Waals surface area contributed by atoms with Crippen LogP contribution in [-0.4, -0.2) is 55.6 Å². The molecule has 1 aromatic carbocycles. The zero-order valence-corrected chi connectivity index (χ0v) is 14.4. The third kappa shape index (κ3) is 5.85. The molecular weight excluding hydrogens is 318 g/mol. The van der Waals surface area contributed by atoms with Gasteiger partial charge in [0.15, 0.2) is 0 Å². The van der Waals surface area contributed by atoms with Crippen LogP contribution in [0.4, 0.5) is 5.69 Å². The molecule has 0 saturated carbocycles. The molecule has 0 bridgehead atoms. The number of rotatable bonds is 8. The van der Waals surface area contributed by atoms with Gasteiger partial charge in [-0.1, -0.05) is 12.2 Å². The summed E-state index contributed by atoms with van der Waals surface area (Å²) >= 11 is 0. The van der Waals surface area contributed by atoms with Crippen LogP contribution in [0, 0.1) is 0 Å². The largest absolute Gasteiger partial charge is 0.378 e. The first kappa shape index (κ1) is 18.9. The molecular formula is C19H25N3O3. The standard InChI is InChI=1S/C19H25N3O3/c1-3-10-22(11-4-2)19(24)15-5-7-16(8-6-15)21-18(23)13-17-14-25-12-9-20-17/h3-8,17,20H,1-2,9-14H2,(H,21,23). The fourth-order valence-corrected chi connectivity index (χ4v) is 2.62. The quantitative estimate of drug-likeness (QED) is 0.707. The van der Waals surface area contributed by atoms with Gasteiger partial charge in [0.2, 0.25) is 5.91 Å². The highest BCUT2D eigenvalue weighted by Crippen LogP contribution is 2.13. The van der Waals surface area contributed by atoms with Gasteiger partial charge in [0.1, 0.15) is 0 Å². The summed E-state index contributed by atoms with van der Waals surface area (Å²) in [6.07, 6.45) is 3.71. The molecule has 1 aliphatic rings. The summed E-state index contributed by atoms with van der Waals surface area (Å²) in [7, 11) is 0. The van der Waals surface area contributed by atoms with E-state index in [1.54, 1.807) is 41.3 Å². The normalized spacial score (nSPS) is 16.7. The Morgan fingerprint density at radius 1 is 1.24 bits per heavy atom. The van der Waals surface area contributed by atoms with Gasteiger partial charge in [-0.15, -0.1) is 13.2 Å². The van der Waals surface area contributed by atoms with Crippen LogP contribution in [0.25, 0.3) is 0 Å². The number of amides is 2. The van der Waals surface area contributed by atoms with Gasteiger partial charge < -0.3 is 20.3 Å². The molecule has 2 N–H and O–H groups in total. The van der Waals surface area contributed by atoms with Crippen molar-refractivity contribution >= 4 is 17.5 Å². The second-order valence-corrected chi connectivity index (χ2v) is 5.84. The Morgan fingerprint density at radius 3 is 2.48 bits per heavy atom. The lowest BCUT2D eigenvalue weighted by Gasteiger charge is -2.23. The van der Waals surface area contributed by atoms with Crippen LogP contribution in [0.3, 0.4) is 0 Å². The topological polar surface area (TPSA) is 70.7 Å². The summed E-state index contributed by atoms with van der Waals surface area (Å²) in [5.41, 5.74) is 1.22. The Balaban J connectivity index is 1.91. The number of ether oxygens (including phenoxy) is 1. The lowest BCUT2D eigenvalue weighted by atomic mass is 10.1. The summed E-state index contributed by atoms with van der Waals surface area (Å²) in [5, 5.41) is 6.09. The number of carbonyl (C=O) groups is 2. The first-order valence-electron chi connectivity index (χ1n) is 8.36. The Kier molecular flexibility index (Phi) is 7.37. The number of nitrogens with zero attached hydrogens (tertiary/aromatic N) is 1. The maximum Gasteiger partial charge on any atom is 0.254 e. The van der Waals surface area contributed by atoms with Crippen molar-refractivity contribution in [2.45, 2.75) is 12.5 Å². The number of morpholine rings is 1. The van der Waals surface area contributed by atoms with Crippen LogP contribution in [-0.2, 0) is 9.53 Å². The third-order valence-corrected chi connectivity index (χ3v) is 3.83. The van der Waals surface area contributed by atoms with Crippen LogP contribution in [0.1, 0.15) is 16.8 Å². The van der Waals surface area contributed by atoms with Crippen LogP contribution in [0.2, 0.25) is 0 Å². The molecule has 0 spiro atoms. The van der Waals surface area contributed by atoms with E-state index in [1.165, 1.54) is 0 Å². The summed E-state index contributed by atoms with van der Waals surface area (Å²) in [6.45, 7) is 10.2. The fourth-order valence-electron chi connectivity index (χ4n) is 2.62. The molecule has 1 heterocycles. The van der Waals surface area contributed by atoms with E-state index in [2.05, 4.69) is 23.8 Å². The summed E-state index contributed by atoms with van der Waals surface area (Å²) < 4.78 is 5.34. The molecule has 0 radical (unpaired) electrons. The smallest absolute Gasteiger partial charge is 0.254 e. The van der Waals surface area contributed by atoms with E-state index < -0.39 is 0 Å². The molecule has 1 atom stereocenters. The SMILES string of the molecule is C=CCN(CC=C)C(=O)c1ccc(NC(=O)CC2COCCN2)cc1. The number of hydrogen-bond acceptors (Lipinski definition) is 4. The molecule has 2 rings (SSSR count). The number of hydrogen-bond donors (Lipinski definition) is 2. The lowest BCUT2D eigenvalue weighted by Crippen LogP contribution is -2.43. The van der Waals surface area contributed by atoms with Gasteiger partial charge in [0.05, 0.1) is 13.2 Å². The molecule has 0 aromatic heterocycles. The molecule has 0 aliphatic carbocycles. The summed E-state index contributed by atoms with van der Waals surface area (Å²) in [5.74, 6) is -0.178. The van der Waals surface area contributed by atoms with E-state index >= 15 is 0 Å². The average Bonchev–Trinajstić information content (AvgIpc) is 2.62. The van der Waals surface area contributed by atoms with E-state index in [0.717, 1.165) is 6.54 Å². The Labute approximate surface area is 148 Å². The molecule has 1 saturated heterocycles. The molecule has 6 nitrogen and oxygen atoms in total. The van der Waals surface area contributed by atoms with Crippen molar-refractivity contribution in [2.24, 2.45) is 0 Å². The van der Waals surface area contributed by atoms with Gasteiger partial charge in [-0.25, -0.2) is 0 Å². The highest BCUT2D eigenvalue weighted by atomic mass is 16.5. The fraction of sp³-hybridized carbons (Fsp3) is 0.368. The Morgan fingerprint density at radius 2 is 1.92 bits per heavy atom. The highest BCUT2D eigenvalue weighted by Gasteiger charge is 2.17. The molecule has 2 amide bonds. The molecule has 1 fully saturated rings. The maximum atomic E-state index is 12.4.